The molecule has 0 spiro atoms. The Bertz CT molecular complexity index is 1430. The van der Waals surface area contributed by atoms with Crippen LogP contribution in [-0.4, -0.2) is 15.9 Å². The van der Waals surface area contributed by atoms with Crippen molar-refractivity contribution >= 4 is 27.2 Å². The summed E-state index contributed by atoms with van der Waals surface area (Å²) in [6, 6.07) is 19.7. The van der Waals surface area contributed by atoms with Gasteiger partial charge >= 0.3 is 0 Å². The van der Waals surface area contributed by atoms with Gasteiger partial charge in [0.05, 0.1) is 5.39 Å². The van der Waals surface area contributed by atoms with Gasteiger partial charge in [0.15, 0.2) is 5.78 Å². The molecule has 6 heteroatoms. The van der Waals surface area contributed by atoms with Crippen LogP contribution in [0.25, 0.3) is 21.2 Å². The molecule has 0 bridgehead atoms. The zero-order chi connectivity index (χ0) is 28.8. The van der Waals surface area contributed by atoms with Crippen molar-refractivity contribution in [1.29, 1.82) is 0 Å². The van der Waals surface area contributed by atoms with E-state index in [2.05, 4.69) is 41.6 Å². The van der Waals surface area contributed by atoms with Crippen molar-refractivity contribution in [3.8, 4) is 22.8 Å². The number of carbonyl (C=O) groups excluding carboxylic acids is 1. The Labute approximate surface area is 256 Å². The second kappa shape index (κ2) is 14.2. The van der Waals surface area contributed by atoms with E-state index in [4.69, 9.17) is 4.74 Å². The molecule has 0 fully saturated rings. The number of hydrogen-bond donors (Lipinski definition) is 1. The zero-order valence-electron chi connectivity index (χ0n) is 24.7. The summed E-state index contributed by atoms with van der Waals surface area (Å²) in [5, 5.41) is 13.1. The Hall–Kier alpha value is -2.79. The van der Waals surface area contributed by atoms with Crippen LogP contribution in [0.5, 0.6) is 11.6 Å². The third-order valence-electron chi connectivity index (χ3n) is 7.26. The minimum Gasteiger partial charge on any atom is -0.512 e. The van der Waals surface area contributed by atoms with Crippen molar-refractivity contribution < 1.29 is 34.7 Å². The molecule has 4 aromatic rings. The average molecular weight is 735 g/mol. The van der Waals surface area contributed by atoms with E-state index in [0.29, 0.717) is 11.6 Å². The molecule has 0 atom stereocenters. The van der Waals surface area contributed by atoms with Crippen LogP contribution in [0.3, 0.4) is 0 Å². The predicted octanol–water partition coefficient (Wildman–Crippen LogP) is 10.0. The number of aromatic nitrogens is 1. The fraction of sp³-hybridized carbons (Fsp3) is 0.353. The second-order valence-electron chi connectivity index (χ2n) is 11.2. The summed E-state index contributed by atoms with van der Waals surface area (Å²) in [6.07, 6.45) is 4.79. The first kappa shape index (κ1) is 33.4. The maximum atomic E-state index is 11.8. The van der Waals surface area contributed by atoms with E-state index >= 15 is 0 Å². The number of pyridine rings is 1. The van der Waals surface area contributed by atoms with Crippen LogP contribution in [0.15, 0.2) is 71.9 Å². The number of aliphatic hydroxyl groups excluding tert-OH is 1. The summed E-state index contributed by atoms with van der Waals surface area (Å²) in [5.74, 6) is 1.53. The molecule has 0 saturated heterocycles. The van der Waals surface area contributed by atoms with Gasteiger partial charge in [-0.05, 0) is 24.5 Å². The first-order valence-electron chi connectivity index (χ1n) is 13.4. The van der Waals surface area contributed by atoms with Crippen molar-refractivity contribution in [3.63, 3.8) is 0 Å². The van der Waals surface area contributed by atoms with Crippen LogP contribution < -0.4 is 4.74 Å². The molecule has 0 saturated carbocycles. The quantitative estimate of drug-likeness (QED) is 0.111. The molecule has 2 heterocycles. The largest absolute Gasteiger partial charge is 0.512 e. The van der Waals surface area contributed by atoms with Gasteiger partial charge in [-0.15, -0.1) is 23.5 Å². The van der Waals surface area contributed by atoms with Gasteiger partial charge in [0.1, 0.15) is 5.76 Å². The van der Waals surface area contributed by atoms with Crippen molar-refractivity contribution in [1.82, 2.24) is 4.98 Å². The van der Waals surface area contributed by atoms with Gasteiger partial charge in [-0.2, -0.15) is 17.2 Å². The molecule has 0 aliphatic rings. The smallest absolute Gasteiger partial charge is 0.226 e. The molecule has 2 aromatic heterocycles. The second-order valence-corrected chi connectivity index (χ2v) is 12.1. The third kappa shape index (κ3) is 8.36. The van der Waals surface area contributed by atoms with E-state index in [1.165, 1.54) is 16.3 Å². The number of benzene rings is 2. The summed E-state index contributed by atoms with van der Waals surface area (Å²) in [6.45, 7) is 15.7. The number of carbonyl (C=O) groups is 1. The Kier molecular flexibility index (Phi) is 11.9. The summed E-state index contributed by atoms with van der Waals surface area (Å²) in [4.78, 5) is 16.3. The predicted molar refractivity (Wildman–Crippen MR) is 164 cm³/mol. The van der Waals surface area contributed by atoms with Crippen molar-refractivity contribution in [2.75, 3.05) is 0 Å². The molecule has 0 amide bonds. The van der Waals surface area contributed by atoms with Crippen LogP contribution in [0.4, 0.5) is 0 Å². The zero-order valence-corrected chi connectivity index (χ0v) is 27.9. The number of fused-ring (bicyclic) bond motifs is 1. The molecule has 2 aromatic carbocycles. The van der Waals surface area contributed by atoms with Gasteiger partial charge in [-0.1, -0.05) is 85.7 Å². The van der Waals surface area contributed by atoms with E-state index in [1.54, 1.807) is 17.5 Å². The number of ketones is 1. The fourth-order valence-corrected chi connectivity index (χ4v) is 4.70. The van der Waals surface area contributed by atoms with E-state index in [-0.39, 0.29) is 42.5 Å². The van der Waals surface area contributed by atoms with E-state index < -0.39 is 0 Å². The van der Waals surface area contributed by atoms with Crippen molar-refractivity contribution in [2.45, 2.75) is 68.2 Å². The van der Waals surface area contributed by atoms with Gasteiger partial charge in [0.2, 0.25) is 5.88 Å². The van der Waals surface area contributed by atoms with Crippen molar-refractivity contribution in [2.24, 2.45) is 10.8 Å². The van der Waals surface area contributed by atoms with Gasteiger partial charge in [0, 0.05) is 64.6 Å². The molecule has 0 unspecified atom stereocenters. The summed E-state index contributed by atoms with van der Waals surface area (Å²) >= 11 is 1.71. The third-order valence-corrected chi connectivity index (χ3v) is 8.21. The minimum absolute atomic E-state index is 0. The number of aryl methyl sites for hydroxylation is 2. The maximum Gasteiger partial charge on any atom is 0.226 e. The molecule has 1 N–H and O–H groups in total. The van der Waals surface area contributed by atoms with Crippen LogP contribution >= 0.6 is 11.3 Å². The first-order valence-corrected chi connectivity index (χ1v) is 14.3. The Morgan fingerprint density at radius 3 is 2.27 bits per heavy atom. The summed E-state index contributed by atoms with van der Waals surface area (Å²) in [5.41, 5.74) is 3.86. The number of ether oxygens (including phenoxy) is 1. The normalized spacial score (nSPS) is 11.8. The molecule has 4 rings (SSSR count). The molecule has 40 heavy (non-hydrogen) atoms. The molecular weight excluding hydrogens is 695 g/mol. The Balaban J connectivity index is 0.000000307. The number of nitrogens with zero attached hydrogens (tertiary/aromatic N) is 1. The van der Waals surface area contributed by atoms with E-state index in [1.807, 2.05) is 78.8 Å². The van der Waals surface area contributed by atoms with E-state index in [9.17, 15) is 9.90 Å². The molecule has 0 aliphatic heterocycles. The SMILES string of the molecule is CCC(C)(C)C(=O)/C=C(\O)C(C)(C)CC.Cc1[c-]c(Oc2nccc3scc(-c4ccccc4)c23)cc(C)c1.[Ir]. The Morgan fingerprint density at radius 1 is 1.02 bits per heavy atom. The number of thiophene rings is 1. The molecular formula is C34H40IrNO3S-. The van der Waals surface area contributed by atoms with Gasteiger partial charge in [-0.25, -0.2) is 4.98 Å². The fourth-order valence-electron chi connectivity index (χ4n) is 3.75. The number of allylic oxidation sites excluding steroid dienone is 2. The number of aliphatic hydroxyl groups is 1. The summed E-state index contributed by atoms with van der Waals surface area (Å²) < 4.78 is 7.28. The molecule has 1 radical (unpaired) electrons. The minimum atomic E-state index is -0.377. The van der Waals surface area contributed by atoms with Crippen molar-refractivity contribution in [3.05, 3.63) is 89.1 Å². The first-order chi connectivity index (χ1) is 18.4. The standard InChI is InChI=1S/C21H16NOS.C13H24O2.Ir/c1-14-10-15(2)12-17(11-14)23-21-20-18(16-6-4-3-5-7-16)13-24-19(20)8-9-22-21;1-7-12(3,4)10(14)9-11(15)13(5,6)8-2;/h3-11,13H,1-2H3;9,14H,7-8H2,1-6H3;/q-1;;/b;10-9-;. The topological polar surface area (TPSA) is 59.4 Å². The molecule has 4 nitrogen and oxygen atoms in total. The average Bonchev–Trinajstić information content (AvgIpc) is 3.34. The van der Waals surface area contributed by atoms with Crippen LogP contribution in [0.1, 0.15) is 65.5 Å². The molecule has 215 valence electrons. The molecule has 0 aliphatic carbocycles. The van der Waals surface area contributed by atoms with Gasteiger partial charge in [0.25, 0.3) is 0 Å². The summed E-state index contributed by atoms with van der Waals surface area (Å²) in [7, 11) is 0. The Morgan fingerprint density at radius 2 is 1.68 bits per heavy atom. The van der Waals surface area contributed by atoms with Crippen LogP contribution in [-0.2, 0) is 24.9 Å². The van der Waals surface area contributed by atoms with Gasteiger partial charge < -0.3 is 9.84 Å². The van der Waals surface area contributed by atoms with Crippen LogP contribution in [0, 0.1) is 30.7 Å². The van der Waals surface area contributed by atoms with Crippen LogP contribution in [0.2, 0.25) is 0 Å². The monoisotopic (exact) mass is 735 g/mol. The number of rotatable bonds is 8. The maximum absolute atomic E-state index is 11.8. The number of hydrogen-bond acceptors (Lipinski definition) is 5. The van der Waals surface area contributed by atoms with Gasteiger partial charge in [-0.3, -0.25) is 4.79 Å². The van der Waals surface area contributed by atoms with E-state index in [0.717, 1.165) is 34.9 Å².